The second-order valence-corrected chi connectivity index (χ2v) is 8.23. The number of hydrogen-bond donors (Lipinski definition) is 2. The van der Waals surface area contributed by atoms with Crippen molar-refractivity contribution >= 4 is 11.8 Å². The number of aryl methyl sites for hydroxylation is 1. The molecule has 0 aromatic heterocycles. The van der Waals surface area contributed by atoms with Gasteiger partial charge in [0.1, 0.15) is 11.5 Å². The lowest BCUT2D eigenvalue weighted by atomic mass is 10.1. The fourth-order valence-corrected chi connectivity index (χ4v) is 3.23. The quantitative estimate of drug-likeness (QED) is 0.286. The second-order valence-electron chi connectivity index (χ2n) is 8.23. The van der Waals surface area contributed by atoms with Gasteiger partial charge in [-0.3, -0.25) is 9.59 Å². The summed E-state index contributed by atoms with van der Waals surface area (Å²) in [5.74, 6) is 1.45. The molecule has 6 heteroatoms. The lowest BCUT2D eigenvalue weighted by Crippen LogP contribution is -2.26. The number of hydrogen-bond acceptors (Lipinski definition) is 4. The van der Waals surface area contributed by atoms with Crippen LogP contribution < -0.4 is 20.1 Å². The zero-order valence-electron chi connectivity index (χ0n) is 20.5. The van der Waals surface area contributed by atoms with Crippen LogP contribution in [0.3, 0.4) is 0 Å². The van der Waals surface area contributed by atoms with E-state index in [1.165, 1.54) is 0 Å². The lowest BCUT2D eigenvalue weighted by Gasteiger charge is -2.13. The molecule has 0 unspecified atom stereocenters. The van der Waals surface area contributed by atoms with Gasteiger partial charge >= 0.3 is 0 Å². The second kappa shape index (κ2) is 18.3. The number of nitrogens with one attached hydrogen (secondary N) is 2. The van der Waals surface area contributed by atoms with Crippen LogP contribution in [0.4, 0.5) is 0 Å². The molecule has 6 nitrogen and oxygen atoms in total. The first-order valence-electron chi connectivity index (χ1n) is 12.5. The number of carbonyl (C=O) groups is 2. The summed E-state index contributed by atoms with van der Waals surface area (Å²) in [6.07, 6.45) is 10.4. The van der Waals surface area contributed by atoms with Crippen molar-refractivity contribution in [2.75, 3.05) is 26.3 Å². The summed E-state index contributed by atoms with van der Waals surface area (Å²) in [5, 5.41) is 5.87. The number of rotatable bonds is 19. The average Bonchev–Trinajstić information content (AvgIpc) is 2.78. The van der Waals surface area contributed by atoms with Crippen LogP contribution in [0.15, 0.2) is 18.2 Å². The van der Waals surface area contributed by atoms with Crippen LogP contribution in [-0.4, -0.2) is 38.1 Å². The van der Waals surface area contributed by atoms with Crippen LogP contribution in [0.5, 0.6) is 11.5 Å². The lowest BCUT2D eigenvalue weighted by molar-refractivity contribution is -0.122. The first kappa shape index (κ1) is 27.8. The Morgan fingerprint density at radius 1 is 0.688 bits per heavy atom. The Bertz CT molecular complexity index is 600. The minimum atomic E-state index is 0.0182. The molecular formula is C26H44N2O4. The average molecular weight is 449 g/mol. The van der Waals surface area contributed by atoms with Crippen molar-refractivity contribution in [3.63, 3.8) is 0 Å². The van der Waals surface area contributed by atoms with Gasteiger partial charge in [-0.1, -0.05) is 52.9 Å². The van der Waals surface area contributed by atoms with E-state index in [0.29, 0.717) is 37.6 Å². The molecule has 0 bridgehead atoms. The van der Waals surface area contributed by atoms with Crippen molar-refractivity contribution in [1.29, 1.82) is 0 Å². The van der Waals surface area contributed by atoms with Gasteiger partial charge in [-0.15, -0.1) is 0 Å². The molecule has 1 aromatic rings. The monoisotopic (exact) mass is 448 g/mol. The predicted octanol–water partition coefficient (Wildman–Crippen LogP) is 5.18. The molecule has 32 heavy (non-hydrogen) atoms. The van der Waals surface area contributed by atoms with Crippen molar-refractivity contribution in [1.82, 2.24) is 10.6 Å². The molecule has 182 valence electrons. The van der Waals surface area contributed by atoms with Crippen molar-refractivity contribution in [2.45, 2.75) is 91.4 Å². The molecule has 2 N–H and O–H groups in total. The molecule has 0 radical (unpaired) electrons. The maximum absolute atomic E-state index is 11.9. The van der Waals surface area contributed by atoms with Crippen LogP contribution in [0.1, 0.15) is 90.5 Å². The Labute approximate surface area is 194 Å². The SMILES string of the molecule is CCCCCNC(=O)CCOc1cc(CCCC)cc(OCCC(=O)NCCCCC)c1. The Balaban J connectivity index is 2.48. The highest BCUT2D eigenvalue weighted by Crippen LogP contribution is 2.24. The van der Waals surface area contributed by atoms with Crippen LogP contribution in [-0.2, 0) is 16.0 Å². The number of carbonyl (C=O) groups excluding carboxylic acids is 2. The van der Waals surface area contributed by atoms with Gasteiger partial charge in [-0.05, 0) is 43.4 Å². The predicted molar refractivity (Wildman–Crippen MR) is 130 cm³/mol. The Morgan fingerprint density at radius 3 is 1.59 bits per heavy atom. The molecule has 1 aromatic carbocycles. The van der Waals surface area contributed by atoms with Gasteiger partial charge in [-0.25, -0.2) is 0 Å². The molecule has 0 aliphatic carbocycles. The van der Waals surface area contributed by atoms with Gasteiger partial charge in [0.15, 0.2) is 0 Å². The zero-order valence-corrected chi connectivity index (χ0v) is 20.5. The molecule has 0 spiro atoms. The van der Waals surface area contributed by atoms with Gasteiger partial charge in [0.2, 0.25) is 11.8 Å². The van der Waals surface area contributed by atoms with Gasteiger partial charge < -0.3 is 20.1 Å². The molecule has 0 saturated heterocycles. The van der Waals surface area contributed by atoms with E-state index in [4.69, 9.17) is 9.47 Å². The fraction of sp³-hybridized carbons (Fsp3) is 0.692. The minimum absolute atomic E-state index is 0.0182. The third-order valence-corrected chi connectivity index (χ3v) is 5.16. The highest BCUT2D eigenvalue weighted by molar-refractivity contribution is 5.76. The van der Waals surface area contributed by atoms with Crippen LogP contribution in [0, 0.1) is 0 Å². The van der Waals surface area contributed by atoms with E-state index in [-0.39, 0.29) is 11.8 Å². The zero-order chi connectivity index (χ0) is 23.4. The summed E-state index contributed by atoms with van der Waals surface area (Å²) in [4.78, 5) is 23.9. The van der Waals surface area contributed by atoms with Gasteiger partial charge in [-0.2, -0.15) is 0 Å². The summed E-state index contributed by atoms with van der Waals surface area (Å²) in [6, 6.07) is 5.87. The first-order valence-corrected chi connectivity index (χ1v) is 12.5. The van der Waals surface area contributed by atoms with E-state index in [2.05, 4.69) is 31.4 Å². The normalized spacial score (nSPS) is 10.6. The van der Waals surface area contributed by atoms with Gasteiger partial charge in [0.05, 0.1) is 26.1 Å². The van der Waals surface area contributed by atoms with Crippen LogP contribution in [0.2, 0.25) is 0 Å². The molecule has 0 fully saturated rings. The number of unbranched alkanes of at least 4 members (excludes halogenated alkanes) is 5. The highest BCUT2D eigenvalue weighted by atomic mass is 16.5. The summed E-state index contributed by atoms with van der Waals surface area (Å²) in [5.41, 5.74) is 1.15. The fourth-order valence-electron chi connectivity index (χ4n) is 3.23. The van der Waals surface area contributed by atoms with E-state index in [0.717, 1.165) is 76.4 Å². The first-order chi connectivity index (χ1) is 15.6. The van der Waals surface area contributed by atoms with E-state index < -0.39 is 0 Å². The van der Waals surface area contributed by atoms with Crippen LogP contribution >= 0.6 is 0 Å². The Kier molecular flexibility index (Phi) is 15.9. The molecular weight excluding hydrogens is 404 g/mol. The minimum Gasteiger partial charge on any atom is -0.493 e. The third-order valence-electron chi connectivity index (χ3n) is 5.16. The molecule has 1 rings (SSSR count). The van der Waals surface area contributed by atoms with E-state index in [9.17, 15) is 9.59 Å². The van der Waals surface area contributed by atoms with Gasteiger partial charge in [0.25, 0.3) is 0 Å². The maximum atomic E-state index is 11.9. The summed E-state index contributed by atoms with van der Waals surface area (Å²) < 4.78 is 11.7. The summed E-state index contributed by atoms with van der Waals surface area (Å²) >= 11 is 0. The largest absolute Gasteiger partial charge is 0.493 e. The van der Waals surface area contributed by atoms with Crippen molar-refractivity contribution < 1.29 is 19.1 Å². The Morgan fingerprint density at radius 2 is 1.16 bits per heavy atom. The number of benzene rings is 1. The molecule has 0 heterocycles. The standard InChI is InChI=1S/C26H44N2O4/c1-4-7-10-15-27-25(29)13-17-31-23-19-22(12-9-6-3)20-24(21-23)32-18-14-26(30)28-16-11-8-5-2/h19-21H,4-18H2,1-3H3,(H,27,29)(H,28,30). The number of amides is 2. The molecule has 0 aliphatic heterocycles. The summed E-state index contributed by atoms with van der Waals surface area (Å²) in [7, 11) is 0. The maximum Gasteiger partial charge on any atom is 0.223 e. The van der Waals surface area contributed by atoms with E-state index in [1.54, 1.807) is 0 Å². The summed E-state index contributed by atoms with van der Waals surface area (Å²) in [6.45, 7) is 8.56. The molecule has 0 atom stereocenters. The third kappa shape index (κ3) is 13.9. The van der Waals surface area contributed by atoms with E-state index >= 15 is 0 Å². The highest BCUT2D eigenvalue weighted by Gasteiger charge is 2.07. The molecule has 2 amide bonds. The smallest absolute Gasteiger partial charge is 0.223 e. The van der Waals surface area contributed by atoms with Crippen molar-refractivity contribution in [2.24, 2.45) is 0 Å². The van der Waals surface area contributed by atoms with Crippen molar-refractivity contribution in [3.05, 3.63) is 23.8 Å². The molecule has 0 saturated carbocycles. The molecule has 0 aliphatic rings. The topological polar surface area (TPSA) is 76.7 Å². The van der Waals surface area contributed by atoms with Crippen molar-refractivity contribution in [3.8, 4) is 11.5 Å². The van der Waals surface area contributed by atoms with Gasteiger partial charge in [0, 0.05) is 19.2 Å². The van der Waals surface area contributed by atoms with Crippen LogP contribution in [0.25, 0.3) is 0 Å². The number of ether oxygens (including phenoxy) is 2. The Hall–Kier alpha value is -2.24. The van der Waals surface area contributed by atoms with E-state index in [1.807, 2.05) is 18.2 Å².